The van der Waals surface area contributed by atoms with Gasteiger partial charge in [-0.15, -0.1) is 0 Å². The van der Waals surface area contributed by atoms with Gasteiger partial charge in [0.05, 0.1) is 0 Å². The highest BCUT2D eigenvalue weighted by Gasteiger charge is 2.35. The molecular formula is C61H43NO. The van der Waals surface area contributed by atoms with E-state index in [0.717, 1.165) is 50.1 Å². The van der Waals surface area contributed by atoms with Crippen LogP contribution in [0.1, 0.15) is 25.0 Å². The van der Waals surface area contributed by atoms with E-state index in [1.165, 1.54) is 66.4 Å². The summed E-state index contributed by atoms with van der Waals surface area (Å²) in [5, 5.41) is 4.54. The van der Waals surface area contributed by atoms with Crippen LogP contribution in [-0.2, 0) is 5.41 Å². The Hall–Kier alpha value is -7.94. The number of nitrogens with zero attached hydrogens (tertiary/aromatic N) is 1. The Bertz CT molecular complexity index is 3410. The molecule has 2 nitrogen and oxygen atoms in total. The Morgan fingerprint density at radius 2 is 0.857 bits per heavy atom. The van der Waals surface area contributed by atoms with Crippen molar-refractivity contribution in [2.75, 3.05) is 4.90 Å². The Morgan fingerprint density at radius 3 is 1.54 bits per heavy atom. The molecule has 1 aromatic heterocycles. The smallest absolute Gasteiger partial charge is 0.143 e. The standard InChI is InChI=1S/C61H43NO/c1-61(2)56-20-12-11-19-52(56)53-35-29-46(38-57(53)61)44-21-23-45(24-22-44)59-51-18-10-9-17-47(51)37-55-54-39-50(34-36-58(54)63-60(55)59)62(48-30-25-42(26-31-48)40-13-5-3-6-14-40)49-32-27-43(28-33-49)41-15-7-4-8-16-41/h3-39H,1-2H3. The molecule has 11 aromatic rings. The third-order valence-corrected chi connectivity index (χ3v) is 13.3. The zero-order valence-corrected chi connectivity index (χ0v) is 35.2. The van der Waals surface area contributed by atoms with E-state index >= 15 is 0 Å². The molecule has 0 unspecified atom stereocenters. The Labute approximate surface area is 368 Å². The first-order valence-corrected chi connectivity index (χ1v) is 21.8. The second-order valence-electron chi connectivity index (χ2n) is 17.3. The largest absolute Gasteiger partial charge is 0.455 e. The molecular weight excluding hydrogens is 763 g/mol. The van der Waals surface area contributed by atoms with Gasteiger partial charge < -0.3 is 9.32 Å². The zero-order chi connectivity index (χ0) is 42.1. The van der Waals surface area contributed by atoms with Gasteiger partial charge in [-0.05, 0) is 127 Å². The van der Waals surface area contributed by atoms with Crippen LogP contribution >= 0.6 is 0 Å². The fourth-order valence-corrected chi connectivity index (χ4v) is 10.0. The summed E-state index contributed by atoms with van der Waals surface area (Å²) in [6.07, 6.45) is 0. The minimum Gasteiger partial charge on any atom is -0.455 e. The number of anilines is 3. The van der Waals surface area contributed by atoms with E-state index in [9.17, 15) is 0 Å². The highest BCUT2D eigenvalue weighted by atomic mass is 16.3. The van der Waals surface area contributed by atoms with Crippen LogP contribution in [-0.4, -0.2) is 0 Å². The van der Waals surface area contributed by atoms with Gasteiger partial charge in [-0.2, -0.15) is 0 Å². The molecule has 298 valence electrons. The monoisotopic (exact) mass is 805 g/mol. The fourth-order valence-electron chi connectivity index (χ4n) is 10.0. The molecule has 12 rings (SSSR count). The summed E-state index contributed by atoms with van der Waals surface area (Å²) in [5.41, 5.74) is 19.9. The first-order valence-electron chi connectivity index (χ1n) is 21.8. The third-order valence-electron chi connectivity index (χ3n) is 13.3. The van der Waals surface area contributed by atoms with Crippen LogP contribution in [0.15, 0.2) is 229 Å². The maximum absolute atomic E-state index is 6.92. The van der Waals surface area contributed by atoms with Crippen LogP contribution in [0.2, 0.25) is 0 Å². The molecule has 63 heavy (non-hydrogen) atoms. The minimum absolute atomic E-state index is 0.0470. The lowest BCUT2D eigenvalue weighted by atomic mass is 9.81. The molecule has 1 heterocycles. The first-order chi connectivity index (χ1) is 31.0. The second-order valence-corrected chi connectivity index (χ2v) is 17.3. The van der Waals surface area contributed by atoms with Crippen LogP contribution in [0.25, 0.3) is 88.3 Å². The van der Waals surface area contributed by atoms with Crippen molar-refractivity contribution in [1.29, 1.82) is 0 Å². The SMILES string of the molecule is CC1(C)c2ccccc2-c2ccc(-c3ccc(-c4c5ccccc5cc5c4oc4ccc(N(c6ccc(-c7ccccc7)cc6)c6ccc(-c7ccccc7)cc6)cc45)cc3)cc21. The Morgan fingerprint density at radius 1 is 0.349 bits per heavy atom. The van der Waals surface area contributed by atoms with Gasteiger partial charge >= 0.3 is 0 Å². The third kappa shape index (κ3) is 6.17. The van der Waals surface area contributed by atoms with Gasteiger partial charge in [-0.1, -0.05) is 184 Å². The van der Waals surface area contributed by atoms with E-state index in [4.69, 9.17) is 4.42 Å². The number of hydrogen-bond donors (Lipinski definition) is 0. The highest BCUT2D eigenvalue weighted by molar-refractivity contribution is 6.19. The summed E-state index contributed by atoms with van der Waals surface area (Å²) in [4.78, 5) is 2.35. The van der Waals surface area contributed by atoms with Crippen molar-refractivity contribution in [1.82, 2.24) is 0 Å². The summed E-state index contributed by atoms with van der Waals surface area (Å²) in [6, 6.07) is 81.4. The lowest BCUT2D eigenvalue weighted by Crippen LogP contribution is -2.14. The molecule has 0 saturated heterocycles. The van der Waals surface area contributed by atoms with Gasteiger partial charge in [0.1, 0.15) is 11.2 Å². The van der Waals surface area contributed by atoms with Crippen LogP contribution < -0.4 is 4.90 Å². The molecule has 0 spiro atoms. The molecule has 2 heteroatoms. The van der Waals surface area contributed by atoms with Crippen molar-refractivity contribution >= 4 is 49.8 Å². The van der Waals surface area contributed by atoms with Gasteiger partial charge in [0, 0.05) is 38.8 Å². The lowest BCUT2D eigenvalue weighted by Gasteiger charge is -2.26. The molecule has 0 amide bonds. The highest BCUT2D eigenvalue weighted by Crippen LogP contribution is 2.50. The molecule has 10 aromatic carbocycles. The van der Waals surface area contributed by atoms with Gasteiger partial charge in [-0.25, -0.2) is 0 Å². The van der Waals surface area contributed by atoms with Crippen LogP contribution in [0.5, 0.6) is 0 Å². The number of hydrogen-bond acceptors (Lipinski definition) is 2. The molecule has 1 aliphatic carbocycles. The Balaban J connectivity index is 0.964. The van der Waals surface area contributed by atoms with Gasteiger partial charge in [0.2, 0.25) is 0 Å². The molecule has 0 radical (unpaired) electrons. The first kappa shape index (κ1) is 36.9. The topological polar surface area (TPSA) is 16.4 Å². The number of rotatable bonds is 7. The number of furan rings is 1. The van der Waals surface area contributed by atoms with Crippen LogP contribution in [0.4, 0.5) is 17.1 Å². The predicted octanol–water partition coefficient (Wildman–Crippen LogP) is 17.2. The van der Waals surface area contributed by atoms with Crippen molar-refractivity contribution < 1.29 is 4.42 Å². The second kappa shape index (κ2) is 14.6. The van der Waals surface area contributed by atoms with Crippen molar-refractivity contribution in [2.45, 2.75) is 19.3 Å². The van der Waals surface area contributed by atoms with E-state index < -0.39 is 0 Å². The summed E-state index contributed by atoms with van der Waals surface area (Å²) in [7, 11) is 0. The minimum atomic E-state index is -0.0470. The average molecular weight is 806 g/mol. The van der Waals surface area contributed by atoms with Crippen molar-refractivity contribution in [3.63, 3.8) is 0 Å². The predicted molar refractivity (Wildman–Crippen MR) is 265 cm³/mol. The normalized spacial score (nSPS) is 12.7. The van der Waals surface area contributed by atoms with Crippen molar-refractivity contribution in [2.24, 2.45) is 0 Å². The molecule has 0 atom stereocenters. The molecule has 0 aliphatic heterocycles. The lowest BCUT2D eigenvalue weighted by molar-refractivity contribution is 0.660. The molecule has 0 fully saturated rings. The maximum atomic E-state index is 6.92. The molecule has 1 aliphatic rings. The van der Waals surface area contributed by atoms with Crippen LogP contribution in [0.3, 0.4) is 0 Å². The Kier molecular flexibility index (Phi) is 8.55. The zero-order valence-electron chi connectivity index (χ0n) is 35.2. The van der Waals surface area contributed by atoms with Gasteiger partial charge in [0.15, 0.2) is 0 Å². The maximum Gasteiger partial charge on any atom is 0.143 e. The molecule has 0 saturated carbocycles. The van der Waals surface area contributed by atoms with E-state index in [1.54, 1.807) is 0 Å². The van der Waals surface area contributed by atoms with Gasteiger partial charge in [-0.3, -0.25) is 0 Å². The fraction of sp³-hybridized carbons (Fsp3) is 0.0492. The van der Waals surface area contributed by atoms with Crippen LogP contribution in [0, 0.1) is 0 Å². The number of benzene rings is 10. The summed E-state index contributed by atoms with van der Waals surface area (Å²) in [6.45, 7) is 4.69. The van der Waals surface area contributed by atoms with E-state index in [0.29, 0.717) is 0 Å². The quantitative estimate of drug-likeness (QED) is 0.160. The molecule has 0 bridgehead atoms. The summed E-state index contributed by atoms with van der Waals surface area (Å²) in [5.74, 6) is 0. The van der Waals surface area contributed by atoms with E-state index in [-0.39, 0.29) is 5.41 Å². The van der Waals surface area contributed by atoms with Crippen molar-refractivity contribution in [3.8, 4) is 55.6 Å². The van der Waals surface area contributed by atoms with Gasteiger partial charge in [0.25, 0.3) is 0 Å². The number of fused-ring (bicyclic) bond motifs is 7. The summed E-state index contributed by atoms with van der Waals surface area (Å²) < 4.78 is 6.92. The summed E-state index contributed by atoms with van der Waals surface area (Å²) >= 11 is 0. The molecule has 0 N–H and O–H groups in total. The average Bonchev–Trinajstić information content (AvgIpc) is 3.82. The van der Waals surface area contributed by atoms with E-state index in [2.05, 4.69) is 243 Å². The van der Waals surface area contributed by atoms with Crippen molar-refractivity contribution in [3.05, 3.63) is 236 Å². The van der Waals surface area contributed by atoms with E-state index in [1.807, 2.05) is 0 Å².